The Labute approximate surface area is 112 Å². The highest BCUT2D eigenvalue weighted by molar-refractivity contribution is 5.54. The van der Waals surface area contributed by atoms with Crippen LogP contribution in [0.1, 0.15) is 24.1 Å². The van der Waals surface area contributed by atoms with Crippen LogP contribution in [-0.2, 0) is 13.6 Å². The van der Waals surface area contributed by atoms with Gasteiger partial charge in [0.25, 0.3) is 0 Å². The van der Waals surface area contributed by atoms with Gasteiger partial charge in [-0.05, 0) is 19.8 Å². The van der Waals surface area contributed by atoms with Crippen molar-refractivity contribution in [2.45, 2.75) is 26.3 Å². The number of aromatic nitrogens is 4. The molecule has 0 saturated carbocycles. The number of unbranched alkanes of at least 4 members (excludes halogenated alkanes) is 1. The van der Waals surface area contributed by atoms with Crippen LogP contribution >= 0.6 is 0 Å². The fourth-order valence-electron chi connectivity index (χ4n) is 2.04. The maximum Gasteiger partial charge on any atom is 0.142 e. The van der Waals surface area contributed by atoms with Gasteiger partial charge < -0.3 is 9.88 Å². The van der Waals surface area contributed by atoms with Gasteiger partial charge in [0.15, 0.2) is 0 Å². The van der Waals surface area contributed by atoms with Crippen LogP contribution < -0.4 is 5.32 Å². The predicted molar refractivity (Wildman–Crippen MR) is 72.6 cm³/mol. The Morgan fingerprint density at radius 2 is 2.26 bits per heavy atom. The van der Waals surface area contributed by atoms with Crippen LogP contribution in [0.5, 0.6) is 0 Å². The van der Waals surface area contributed by atoms with Gasteiger partial charge in [-0.15, -0.1) is 0 Å². The number of imidazole rings is 1. The van der Waals surface area contributed by atoms with Crippen LogP contribution in [0.25, 0.3) is 0 Å². The Morgan fingerprint density at radius 1 is 1.42 bits per heavy atom. The molecule has 0 aromatic carbocycles. The first-order valence-electron chi connectivity index (χ1n) is 6.35. The average molecular weight is 258 g/mol. The van der Waals surface area contributed by atoms with E-state index >= 15 is 0 Å². The lowest BCUT2D eigenvalue weighted by molar-refractivity contribution is 0.619. The molecule has 0 aliphatic rings. The van der Waals surface area contributed by atoms with Crippen molar-refractivity contribution in [3.05, 3.63) is 30.0 Å². The summed E-state index contributed by atoms with van der Waals surface area (Å²) in [5.74, 6) is 0.808. The molecule has 2 aromatic heterocycles. The maximum absolute atomic E-state index is 9.09. The molecule has 0 aliphatic heterocycles. The largest absolute Gasteiger partial charge is 0.369 e. The highest BCUT2D eigenvalue weighted by atomic mass is 15.3. The molecule has 0 atom stereocenters. The van der Waals surface area contributed by atoms with Crippen molar-refractivity contribution in [1.29, 1.82) is 5.26 Å². The number of aryl methyl sites for hydroxylation is 3. The quantitative estimate of drug-likeness (QED) is 0.800. The maximum atomic E-state index is 9.09. The zero-order valence-electron chi connectivity index (χ0n) is 11.3. The third-order valence-electron chi connectivity index (χ3n) is 3.03. The van der Waals surface area contributed by atoms with Crippen molar-refractivity contribution >= 4 is 5.82 Å². The number of rotatable bonds is 6. The lowest BCUT2D eigenvalue weighted by Crippen LogP contribution is -2.08. The molecule has 0 bridgehead atoms. The molecule has 0 aliphatic carbocycles. The van der Waals surface area contributed by atoms with Gasteiger partial charge in [0.2, 0.25) is 0 Å². The first kappa shape index (κ1) is 13.1. The molecule has 0 amide bonds. The van der Waals surface area contributed by atoms with Crippen LogP contribution in [0.15, 0.2) is 18.7 Å². The van der Waals surface area contributed by atoms with Crippen LogP contribution in [0.4, 0.5) is 5.82 Å². The van der Waals surface area contributed by atoms with Crippen LogP contribution in [0.3, 0.4) is 0 Å². The molecule has 100 valence electrons. The highest BCUT2D eigenvalue weighted by Gasteiger charge is 2.11. The Hall–Kier alpha value is -2.29. The zero-order chi connectivity index (χ0) is 13.7. The molecule has 6 heteroatoms. The summed E-state index contributed by atoms with van der Waals surface area (Å²) in [7, 11) is 1.85. The molecule has 2 aromatic rings. The molecule has 6 nitrogen and oxygen atoms in total. The SMILES string of the molecule is Cc1nn(C)c(NCCCCn2ccnc2)c1C#N. The highest BCUT2D eigenvalue weighted by Crippen LogP contribution is 2.17. The standard InChI is InChI=1S/C13H18N6/c1-11-12(9-14)13(18(2)17-11)16-5-3-4-7-19-8-6-15-10-19/h6,8,10,16H,3-5,7H2,1-2H3. The zero-order valence-corrected chi connectivity index (χ0v) is 11.3. The second-order valence-corrected chi connectivity index (χ2v) is 4.48. The van der Waals surface area contributed by atoms with Crippen LogP contribution in [0, 0.1) is 18.3 Å². The Kier molecular flexibility index (Phi) is 4.18. The minimum Gasteiger partial charge on any atom is -0.369 e. The molecule has 0 saturated heterocycles. The van der Waals surface area contributed by atoms with E-state index in [0.29, 0.717) is 5.56 Å². The van der Waals surface area contributed by atoms with Crippen molar-refractivity contribution in [3.8, 4) is 6.07 Å². The molecule has 0 fully saturated rings. The second kappa shape index (κ2) is 6.05. The summed E-state index contributed by atoms with van der Waals surface area (Å²) in [5, 5.41) is 16.6. The smallest absolute Gasteiger partial charge is 0.142 e. The number of nitrogens with zero attached hydrogens (tertiary/aromatic N) is 5. The summed E-state index contributed by atoms with van der Waals surface area (Å²) in [6.07, 6.45) is 7.68. The molecule has 19 heavy (non-hydrogen) atoms. The fourth-order valence-corrected chi connectivity index (χ4v) is 2.04. The van der Waals surface area contributed by atoms with E-state index in [9.17, 15) is 0 Å². The van der Waals surface area contributed by atoms with E-state index < -0.39 is 0 Å². The van der Waals surface area contributed by atoms with Gasteiger partial charge in [0.05, 0.1) is 12.0 Å². The number of anilines is 1. The van der Waals surface area contributed by atoms with Crippen molar-refractivity contribution in [3.63, 3.8) is 0 Å². The van der Waals surface area contributed by atoms with E-state index in [1.54, 1.807) is 10.9 Å². The summed E-state index contributed by atoms with van der Waals surface area (Å²) in [6, 6.07) is 2.19. The monoisotopic (exact) mass is 258 g/mol. The lowest BCUT2D eigenvalue weighted by Gasteiger charge is -2.07. The van der Waals surface area contributed by atoms with Crippen LogP contribution in [0.2, 0.25) is 0 Å². The van der Waals surface area contributed by atoms with E-state index in [2.05, 4.69) is 26.0 Å². The first-order valence-corrected chi connectivity index (χ1v) is 6.35. The normalized spacial score (nSPS) is 10.4. The first-order chi connectivity index (χ1) is 9.22. The van der Waals surface area contributed by atoms with Gasteiger partial charge in [-0.2, -0.15) is 10.4 Å². The van der Waals surface area contributed by atoms with E-state index in [-0.39, 0.29) is 0 Å². The third-order valence-corrected chi connectivity index (χ3v) is 3.03. The van der Waals surface area contributed by atoms with Crippen molar-refractivity contribution in [2.75, 3.05) is 11.9 Å². The van der Waals surface area contributed by atoms with E-state index in [1.807, 2.05) is 26.5 Å². The van der Waals surface area contributed by atoms with Gasteiger partial charge in [-0.3, -0.25) is 4.68 Å². The van der Waals surface area contributed by atoms with Crippen molar-refractivity contribution in [1.82, 2.24) is 19.3 Å². The van der Waals surface area contributed by atoms with E-state index in [4.69, 9.17) is 5.26 Å². The molecule has 2 rings (SSSR count). The lowest BCUT2D eigenvalue weighted by atomic mass is 10.2. The predicted octanol–water partition coefficient (Wildman–Crippen LogP) is 1.69. The number of hydrogen-bond acceptors (Lipinski definition) is 4. The summed E-state index contributed by atoms with van der Waals surface area (Å²) >= 11 is 0. The number of nitriles is 1. The molecule has 0 radical (unpaired) electrons. The molecular formula is C13H18N6. The molecule has 0 spiro atoms. The summed E-state index contributed by atoms with van der Waals surface area (Å²) < 4.78 is 3.79. The van der Waals surface area contributed by atoms with Gasteiger partial charge in [-0.1, -0.05) is 0 Å². The Balaban J connectivity index is 1.78. The minimum absolute atomic E-state index is 0.636. The summed E-state index contributed by atoms with van der Waals surface area (Å²) in [6.45, 7) is 3.66. The summed E-state index contributed by atoms with van der Waals surface area (Å²) in [5.41, 5.74) is 1.41. The Bertz CT molecular complexity index is 561. The molecule has 1 N–H and O–H groups in total. The average Bonchev–Trinajstić information content (AvgIpc) is 2.98. The van der Waals surface area contributed by atoms with Gasteiger partial charge >= 0.3 is 0 Å². The number of nitrogens with one attached hydrogen (secondary N) is 1. The van der Waals surface area contributed by atoms with Crippen LogP contribution in [-0.4, -0.2) is 25.9 Å². The van der Waals surface area contributed by atoms with E-state index in [0.717, 1.165) is 37.4 Å². The van der Waals surface area contributed by atoms with Crippen molar-refractivity contribution in [2.24, 2.45) is 7.05 Å². The number of hydrogen-bond donors (Lipinski definition) is 1. The fraction of sp³-hybridized carbons (Fsp3) is 0.462. The van der Waals surface area contributed by atoms with Gasteiger partial charge in [0.1, 0.15) is 17.5 Å². The van der Waals surface area contributed by atoms with Gasteiger partial charge in [0, 0.05) is 32.5 Å². The van der Waals surface area contributed by atoms with Gasteiger partial charge in [-0.25, -0.2) is 4.98 Å². The van der Waals surface area contributed by atoms with Crippen molar-refractivity contribution < 1.29 is 0 Å². The molecule has 2 heterocycles. The molecular weight excluding hydrogens is 240 g/mol. The topological polar surface area (TPSA) is 71.5 Å². The molecule has 0 unspecified atom stereocenters. The Morgan fingerprint density at radius 3 is 2.95 bits per heavy atom. The minimum atomic E-state index is 0.636. The van der Waals surface area contributed by atoms with E-state index in [1.165, 1.54) is 0 Å². The summed E-state index contributed by atoms with van der Waals surface area (Å²) in [4.78, 5) is 4.01. The second-order valence-electron chi connectivity index (χ2n) is 4.48. The third kappa shape index (κ3) is 3.13.